The Morgan fingerprint density at radius 2 is 2.07 bits per heavy atom. The summed E-state index contributed by atoms with van der Waals surface area (Å²) >= 11 is 0. The fraction of sp³-hybridized carbons (Fsp3) is 0.524. The summed E-state index contributed by atoms with van der Waals surface area (Å²) < 4.78 is 2.12. The summed E-state index contributed by atoms with van der Waals surface area (Å²) in [6.07, 6.45) is 2.15. The number of rotatable bonds is 7. The van der Waals surface area contributed by atoms with Gasteiger partial charge in [-0.1, -0.05) is 25.1 Å². The summed E-state index contributed by atoms with van der Waals surface area (Å²) in [6, 6.07) is 11.7. The summed E-state index contributed by atoms with van der Waals surface area (Å²) in [5.41, 5.74) is 3.16. The average molecular weight is 370 g/mol. The molecule has 6 nitrogen and oxygen atoms in total. The zero-order chi connectivity index (χ0) is 19.2. The largest absolute Gasteiger partial charge is 0.325 e. The van der Waals surface area contributed by atoms with Gasteiger partial charge in [-0.2, -0.15) is 5.10 Å². The Labute approximate surface area is 162 Å². The highest BCUT2D eigenvalue weighted by Crippen LogP contribution is 2.18. The van der Waals surface area contributed by atoms with E-state index in [1.807, 2.05) is 37.3 Å². The van der Waals surface area contributed by atoms with Crippen molar-refractivity contribution in [2.75, 3.05) is 25.5 Å². The molecular weight excluding hydrogens is 338 g/mol. The number of para-hydroxylation sites is 1. The van der Waals surface area contributed by atoms with Gasteiger partial charge in [-0.25, -0.2) is 0 Å². The molecule has 1 aliphatic heterocycles. The molecule has 0 saturated heterocycles. The highest BCUT2D eigenvalue weighted by molar-refractivity contribution is 5.94. The Balaban J connectivity index is 1.64. The van der Waals surface area contributed by atoms with Crippen molar-refractivity contribution in [1.29, 1.82) is 0 Å². The number of carbonyl (C=O) groups is 1. The molecule has 146 valence electrons. The van der Waals surface area contributed by atoms with Gasteiger partial charge in [0.25, 0.3) is 0 Å². The van der Waals surface area contributed by atoms with Crippen LogP contribution in [0.15, 0.2) is 36.4 Å². The monoisotopic (exact) mass is 369 g/mol. The average Bonchev–Trinajstić information content (AvgIpc) is 2.91. The number of aromatic nitrogens is 2. The van der Waals surface area contributed by atoms with E-state index < -0.39 is 0 Å². The van der Waals surface area contributed by atoms with E-state index in [1.165, 1.54) is 5.69 Å². The minimum Gasteiger partial charge on any atom is -0.325 e. The predicted molar refractivity (Wildman–Crippen MR) is 108 cm³/mol. The molecule has 3 rings (SSSR count). The Kier molecular flexibility index (Phi) is 6.63. The number of hydrogen-bond donors (Lipinski definition) is 1. The molecule has 0 saturated carbocycles. The minimum atomic E-state index is -0.183. The molecule has 0 unspecified atom stereocenters. The van der Waals surface area contributed by atoms with Crippen LogP contribution in [0.2, 0.25) is 0 Å². The lowest BCUT2D eigenvalue weighted by Gasteiger charge is -2.26. The van der Waals surface area contributed by atoms with Crippen molar-refractivity contribution in [3.8, 4) is 0 Å². The maximum Gasteiger partial charge on any atom is 0.241 e. The first-order valence-corrected chi connectivity index (χ1v) is 9.91. The van der Waals surface area contributed by atoms with E-state index in [9.17, 15) is 4.79 Å². The lowest BCUT2D eigenvalue weighted by molar-refractivity contribution is -0.121. The highest BCUT2D eigenvalue weighted by Gasteiger charge is 2.25. The number of nitrogens with zero attached hydrogens (tertiary/aromatic N) is 4. The first kappa shape index (κ1) is 19.6. The van der Waals surface area contributed by atoms with Gasteiger partial charge in [-0.3, -0.25) is 14.4 Å². The van der Waals surface area contributed by atoms with Gasteiger partial charge in [-0.15, -0.1) is 0 Å². The van der Waals surface area contributed by atoms with Gasteiger partial charge in [0.2, 0.25) is 5.91 Å². The molecule has 6 heteroatoms. The van der Waals surface area contributed by atoms with Crippen molar-refractivity contribution >= 4 is 11.6 Å². The fourth-order valence-electron chi connectivity index (χ4n) is 3.63. The number of carbonyl (C=O) groups excluding carboxylic acids is 1. The van der Waals surface area contributed by atoms with Gasteiger partial charge in [0.1, 0.15) is 0 Å². The zero-order valence-corrected chi connectivity index (χ0v) is 16.7. The SMILES string of the molecule is CCCN(C)Cc1cc2n(n1)CCCN([C@H](C)C(=O)Nc1ccccc1)C2. The fourth-order valence-corrected chi connectivity index (χ4v) is 3.63. The van der Waals surface area contributed by atoms with Crippen LogP contribution in [0.5, 0.6) is 0 Å². The number of hydrogen-bond acceptors (Lipinski definition) is 4. The van der Waals surface area contributed by atoms with Gasteiger partial charge in [0.15, 0.2) is 0 Å². The molecule has 1 aliphatic rings. The van der Waals surface area contributed by atoms with E-state index in [-0.39, 0.29) is 11.9 Å². The van der Waals surface area contributed by atoms with Crippen LogP contribution < -0.4 is 5.32 Å². The Hall–Kier alpha value is -2.18. The molecule has 1 amide bonds. The van der Waals surface area contributed by atoms with Gasteiger partial charge in [0, 0.05) is 31.9 Å². The third kappa shape index (κ3) is 5.17. The number of benzene rings is 1. The quantitative estimate of drug-likeness (QED) is 0.815. The maximum absolute atomic E-state index is 12.7. The number of aryl methyl sites for hydroxylation is 1. The van der Waals surface area contributed by atoms with Crippen molar-refractivity contribution < 1.29 is 4.79 Å². The molecule has 0 aliphatic carbocycles. The number of anilines is 1. The summed E-state index contributed by atoms with van der Waals surface area (Å²) in [7, 11) is 2.14. The second-order valence-electron chi connectivity index (χ2n) is 7.44. The first-order valence-electron chi connectivity index (χ1n) is 9.91. The lowest BCUT2D eigenvalue weighted by atomic mass is 10.2. The molecule has 27 heavy (non-hydrogen) atoms. The van der Waals surface area contributed by atoms with Crippen molar-refractivity contribution in [2.45, 2.75) is 52.4 Å². The smallest absolute Gasteiger partial charge is 0.241 e. The van der Waals surface area contributed by atoms with Crippen molar-refractivity contribution in [1.82, 2.24) is 19.6 Å². The van der Waals surface area contributed by atoms with E-state index in [0.717, 1.165) is 56.9 Å². The third-order valence-corrected chi connectivity index (χ3v) is 5.10. The third-order valence-electron chi connectivity index (χ3n) is 5.10. The van der Waals surface area contributed by atoms with Crippen LogP contribution in [-0.2, 0) is 24.4 Å². The van der Waals surface area contributed by atoms with Gasteiger partial charge in [-0.05, 0) is 51.6 Å². The summed E-state index contributed by atoms with van der Waals surface area (Å²) in [4.78, 5) is 17.2. The number of nitrogens with one attached hydrogen (secondary N) is 1. The minimum absolute atomic E-state index is 0.0390. The molecule has 0 spiro atoms. The molecule has 1 aromatic carbocycles. The molecule has 0 radical (unpaired) electrons. The van der Waals surface area contributed by atoms with Crippen LogP contribution in [0, 0.1) is 0 Å². The van der Waals surface area contributed by atoms with E-state index in [2.05, 4.69) is 39.8 Å². The van der Waals surface area contributed by atoms with E-state index >= 15 is 0 Å². The van der Waals surface area contributed by atoms with Gasteiger partial charge >= 0.3 is 0 Å². The summed E-state index contributed by atoms with van der Waals surface area (Å²) in [5.74, 6) is 0.0390. The Morgan fingerprint density at radius 1 is 1.30 bits per heavy atom. The van der Waals surface area contributed by atoms with Crippen LogP contribution >= 0.6 is 0 Å². The van der Waals surface area contributed by atoms with E-state index in [1.54, 1.807) is 0 Å². The van der Waals surface area contributed by atoms with Crippen LogP contribution in [0.1, 0.15) is 38.1 Å². The molecule has 1 atom stereocenters. The zero-order valence-electron chi connectivity index (χ0n) is 16.7. The Morgan fingerprint density at radius 3 is 2.81 bits per heavy atom. The van der Waals surface area contributed by atoms with Crippen molar-refractivity contribution in [3.63, 3.8) is 0 Å². The van der Waals surface area contributed by atoms with Crippen LogP contribution in [-0.4, -0.2) is 51.7 Å². The molecule has 2 aromatic rings. The normalized spacial score (nSPS) is 16.0. The van der Waals surface area contributed by atoms with Crippen molar-refractivity contribution in [3.05, 3.63) is 47.8 Å². The highest BCUT2D eigenvalue weighted by atomic mass is 16.2. The van der Waals surface area contributed by atoms with Crippen molar-refractivity contribution in [2.24, 2.45) is 0 Å². The van der Waals surface area contributed by atoms with E-state index in [0.29, 0.717) is 0 Å². The van der Waals surface area contributed by atoms with Crippen LogP contribution in [0.25, 0.3) is 0 Å². The molecular formula is C21H31N5O. The molecule has 1 N–H and O–H groups in total. The number of fused-ring (bicyclic) bond motifs is 1. The first-order chi connectivity index (χ1) is 13.1. The van der Waals surface area contributed by atoms with Crippen LogP contribution in [0.3, 0.4) is 0 Å². The maximum atomic E-state index is 12.7. The topological polar surface area (TPSA) is 53.4 Å². The Bertz CT molecular complexity index is 742. The predicted octanol–water partition coefficient (Wildman–Crippen LogP) is 2.96. The van der Waals surface area contributed by atoms with Crippen LogP contribution in [0.4, 0.5) is 5.69 Å². The molecule has 0 bridgehead atoms. The summed E-state index contributed by atoms with van der Waals surface area (Å²) in [6.45, 7) is 8.70. The van der Waals surface area contributed by atoms with Gasteiger partial charge in [0.05, 0.1) is 17.4 Å². The second kappa shape index (κ2) is 9.15. The standard InChI is InChI=1S/C21H31N5O/c1-4-11-24(3)15-19-14-20-16-25(12-8-13-26(20)23-19)17(2)21(27)22-18-9-6-5-7-10-18/h5-7,9-10,14,17H,4,8,11-13,15-16H2,1-3H3,(H,22,27)/t17-/m1/s1. The molecule has 0 fully saturated rings. The number of amides is 1. The lowest BCUT2D eigenvalue weighted by Crippen LogP contribution is -2.41. The second-order valence-corrected chi connectivity index (χ2v) is 7.44. The molecule has 2 heterocycles. The van der Waals surface area contributed by atoms with Gasteiger partial charge < -0.3 is 10.2 Å². The summed E-state index contributed by atoms with van der Waals surface area (Å²) in [5, 5.41) is 7.81. The molecule has 1 aromatic heterocycles. The van der Waals surface area contributed by atoms with E-state index in [4.69, 9.17) is 5.10 Å².